The fourth-order valence-corrected chi connectivity index (χ4v) is 5.95. The molecule has 0 spiro atoms. The molecule has 0 amide bonds. The first-order valence-electron chi connectivity index (χ1n) is 7.63. The highest BCUT2D eigenvalue weighted by Gasteiger charge is 2.33. The van der Waals surface area contributed by atoms with Gasteiger partial charge in [-0.05, 0) is 87.0 Å². The summed E-state index contributed by atoms with van der Waals surface area (Å²) in [4.78, 5) is 0. The molecule has 1 aliphatic rings. The van der Waals surface area contributed by atoms with Gasteiger partial charge in [0.2, 0.25) is 0 Å². The highest BCUT2D eigenvalue weighted by atomic mass is 79.9. The lowest BCUT2D eigenvalue weighted by Gasteiger charge is -2.30. The molecule has 0 saturated carbocycles. The molecule has 7 heteroatoms. The summed E-state index contributed by atoms with van der Waals surface area (Å²) in [5.74, 6) is 0.991. The third kappa shape index (κ3) is 3.95. The van der Waals surface area contributed by atoms with Gasteiger partial charge >= 0.3 is 0 Å². The second kappa shape index (κ2) is 7.50. The lowest BCUT2D eigenvalue weighted by Crippen LogP contribution is -2.21. The number of ether oxygens (including phenoxy) is 2. The molecule has 2 aromatic carbocycles. The zero-order valence-corrected chi connectivity index (χ0v) is 19.9. The number of phenolic OH excluding ortho intramolecular Hbond substituents is 1. The predicted octanol–water partition coefficient (Wildman–Crippen LogP) is 6.55. The minimum absolute atomic E-state index is 0.185. The molecule has 1 atom stereocenters. The van der Waals surface area contributed by atoms with E-state index in [4.69, 9.17) is 9.47 Å². The molecule has 1 unspecified atom stereocenters. The normalized spacial score (nSPS) is 16.8. The Balaban J connectivity index is 2.07. The molecule has 1 saturated heterocycles. The SMILES string of the molecule is CC(C)(c1ccc(O)cc1)c1c(Br)c(Br)c(OCC2CO2)c(Br)c1Br. The van der Waals surface area contributed by atoms with Crippen LogP contribution in [0.5, 0.6) is 11.5 Å². The van der Waals surface area contributed by atoms with Gasteiger partial charge in [-0.1, -0.05) is 26.0 Å². The van der Waals surface area contributed by atoms with Gasteiger partial charge in [0.15, 0.2) is 0 Å². The molecule has 3 nitrogen and oxygen atoms in total. The highest BCUT2D eigenvalue weighted by Crippen LogP contribution is 2.51. The van der Waals surface area contributed by atoms with Crippen molar-refractivity contribution in [1.82, 2.24) is 0 Å². The number of halogens is 4. The van der Waals surface area contributed by atoms with E-state index in [0.29, 0.717) is 6.61 Å². The number of hydrogen-bond acceptors (Lipinski definition) is 3. The maximum atomic E-state index is 9.58. The highest BCUT2D eigenvalue weighted by molar-refractivity contribution is 9.14. The number of rotatable bonds is 5. The summed E-state index contributed by atoms with van der Waals surface area (Å²) in [6.45, 7) is 5.56. The molecule has 0 radical (unpaired) electrons. The molecule has 1 fully saturated rings. The minimum Gasteiger partial charge on any atom is -0.508 e. The molecule has 1 heterocycles. The van der Waals surface area contributed by atoms with Crippen LogP contribution in [0.3, 0.4) is 0 Å². The average molecular weight is 600 g/mol. The Morgan fingerprint density at radius 3 is 2.04 bits per heavy atom. The molecule has 1 N–H and O–H groups in total. The van der Waals surface area contributed by atoms with Crippen LogP contribution >= 0.6 is 63.7 Å². The van der Waals surface area contributed by atoms with Gasteiger partial charge in [-0.25, -0.2) is 0 Å². The van der Waals surface area contributed by atoms with Crippen molar-refractivity contribution in [2.75, 3.05) is 13.2 Å². The van der Waals surface area contributed by atoms with E-state index in [0.717, 1.165) is 41.4 Å². The molecule has 0 aliphatic carbocycles. The maximum absolute atomic E-state index is 9.58. The van der Waals surface area contributed by atoms with Crippen molar-refractivity contribution in [3.8, 4) is 11.5 Å². The van der Waals surface area contributed by atoms with Crippen LogP contribution in [0, 0.1) is 0 Å². The van der Waals surface area contributed by atoms with Crippen LogP contribution in [0.15, 0.2) is 42.2 Å². The number of epoxide rings is 1. The average Bonchev–Trinajstić information content (AvgIpc) is 3.38. The first kappa shape index (κ1) is 19.7. The van der Waals surface area contributed by atoms with Crippen LogP contribution in [-0.4, -0.2) is 24.4 Å². The summed E-state index contributed by atoms with van der Waals surface area (Å²) in [6.07, 6.45) is 0.185. The van der Waals surface area contributed by atoms with Crippen molar-refractivity contribution in [1.29, 1.82) is 0 Å². The van der Waals surface area contributed by atoms with Crippen molar-refractivity contribution in [3.63, 3.8) is 0 Å². The van der Waals surface area contributed by atoms with Crippen molar-refractivity contribution < 1.29 is 14.6 Å². The van der Waals surface area contributed by atoms with Crippen LogP contribution in [0.1, 0.15) is 25.0 Å². The van der Waals surface area contributed by atoms with Crippen molar-refractivity contribution in [3.05, 3.63) is 53.3 Å². The van der Waals surface area contributed by atoms with Crippen LogP contribution in [0.4, 0.5) is 0 Å². The smallest absolute Gasteiger partial charge is 0.150 e. The molecular weight excluding hydrogens is 584 g/mol. The Kier molecular flexibility index (Phi) is 5.91. The lowest BCUT2D eigenvalue weighted by atomic mass is 9.78. The molecule has 134 valence electrons. The number of benzene rings is 2. The third-order valence-corrected chi connectivity index (χ3v) is 8.42. The number of phenols is 1. The lowest BCUT2D eigenvalue weighted by molar-refractivity contribution is 0.260. The van der Waals surface area contributed by atoms with Gasteiger partial charge in [-0.2, -0.15) is 0 Å². The minimum atomic E-state index is -0.311. The van der Waals surface area contributed by atoms with E-state index in [2.05, 4.69) is 77.6 Å². The summed E-state index contributed by atoms with van der Waals surface area (Å²) in [5, 5.41) is 9.58. The fourth-order valence-electron chi connectivity index (χ4n) is 2.65. The fraction of sp³-hybridized carbons (Fsp3) is 0.333. The van der Waals surface area contributed by atoms with Crippen molar-refractivity contribution >= 4 is 63.7 Å². The second-order valence-electron chi connectivity index (χ2n) is 6.40. The van der Waals surface area contributed by atoms with Crippen LogP contribution in [-0.2, 0) is 10.2 Å². The topological polar surface area (TPSA) is 42.0 Å². The Labute approximate surface area is 180 Å². The number of aromatic hydroxyl groups is 1. The molecule has 1 aliphatic heterocycles. The van der Waals surface area contributed by atoms with E-state index in [1.165, 1.54) is 0 Å². The van der Waals surface area contributed by atoms with Crippen molar-refractivity contribution in [2.24, 2.45) is 0 Å². The van der Waals surface area contributed by atoms with E-state index in [-0.39, 0.29) is 17.3 Å². The Bertz CT molecular complexity index is 770. The quantitative estimate of drug-likeness (QED) is 0.313. The van der Waals surface area contributed by atoms with Crippen LogP contribution < -0.4 is 4.74 Å². The molecular formula is C18H16Br4O3. The van der Waals surface area contributed by atoms with E-state index >= 15 is 0 Å². The van der Waals surface area contributed by atoms with Crippen molar-refractivity contribution in [2.45, 2.75) is 25.4 Å². The Morgan fingerprint density at radius 2 is 1.56 bits per heavy atom. The third-order valence-electron chi connectivity index (χ3n) is 4.25. The zero-order valence-electron chi connectivity index (χ0n) is 13.6. The van der Waals surface area contributed by atoms with E-state index in [1.54, 1.807) is 12.1 Å². The monoisotopic (exact) mass is 596 g/mol. The summed E-state index contributed by atoms with van der Waals surface area (Å²) in [7, 11) is 0. The van der Waals surface area contributed by atoms with Gasteiger partial charge in [-0.15, -0.1) is 0 Å². The largest absolute Gasteiger partial charge is 0.508 e. The van der Waals surface area contributed by atoms with Gasteiger partial charge in [0.25, 0.3) is 0 Å². The predicted molar refractivity (Wildman–Crippen MR) is 113 cm³/mol. The van der Waals surface area contributed by atoms with E-state index in [9.17, 15) is 5.11 Å². The summed E-state index contributed by atoms with van der Waals surface area (Å²) in [5.41, 5.74) is 1.85. The molecule has 0 aromatic heterocycles. The zero-order chi connectivity index (χ0) is 18.4. The molecule has 25 heavy (non-hydrogen) atoms. The standard InChI is InChI=1S/C18H16Br4O3/c1-18(2,9-3-5-10(23)6-4-9)12-13(19)15(21)17(16(22)14(12)20)25-8-11-7-24-11/h3-6,11,23H,7-8H2,1-2H3. The number of hydrogen-bond donors (Lipinski definition) is 1. The van der Waals surface area contributed by atoms with Crippen LogP contribution in [0.25, 0.3) is 0 Å². The Hall–Kier alpha value is -0.0800. The summed E-state index contributed by atoms with van der Waals surface area (Å²) < 4.78 is 14.7. The molecule has 2 aromatic rings. The maximum Gasteiger partial charge on any atom is 0.150 e. The van der Waals surface area contributed by atoms with Crippen LogP contribution in [0.2, 0.25) is 0 Å². The molecule has 3 rings (SSSR count). The van der Waals surface area contributed by atoms with Gasteiger partial charge in [0.1, 0.15) is 24.2 Å². The van der Waals surface area contributed by atoms with Gasteiger partial charge < -0.3 is 14.6 Å². The first-order valence-corrected chi connectivity index (χ1v) is 10.8. The van der Waals surface area contributed by atoms with Gasteiger partial charge in [0, 0.05) is 14.4 Å². The summed E-state index contributed by atoms with van der Waals surface area (Å²) in [6, 6.07) is 7.28. The second-order valence-corrected chi connectivity index (χ2v) is 9.57. The van der Waals surface area contributed by atoms with E-state index < -0.39 is 0 Å². The Morgan fingerprint density at radius 1 is 1.04 bits per heavy atom. The summed E-state index contributed by atoms with van der Waals surface area (Å²) >= 11 is 14.8. The van der Waals surface area contributed by atoms with Gasteiger partial charge in [0.05, 0.1) is 15.6 Å². The molecule has 0 bridgehead atoms. The van der Waals surface area contributed by atoms with Gasteiger partial charge in [-0.3, -0.25) is 0 Å². The first-order chi connectivity index (χ1) is 11.7. The van der Waals surface area contributed by atoms with E-state index in [1.807, 2.05) is 12.1 Å².